The number of anilines is 1. The van der Waals surface area contributed by atoms with Crippen LogP contribution < -0.4 is 4.90 Å². The number of aromatic nitrogens is 2. The van der Waals surface area contributed by atoms with Crippen molar-refractivity contribution in [3.8, 4) is 0 Å². The van der Waals surface area contributed by atoms with Gasteiger partial charge in [-0.15, -0.1) is 11.3 Å². The van der Waals surface area contributed by atoms with Crippen molar-refractivity contribution >= 4 is 39.0 Å². The molecule has 1 aliphatic rings. The smallest absolute Gasteiger partial charge is 0.225 e. The third kappa shape index (κ3) is 3.16. The highest BCUT2D eigenvalue weighted by atomic mass is 35.5. The number of hydrogen-bond acceptors (Lipinski definition) is 4. The van der Waals surface area contributed by atoms with Gasteiger partial charge in [0.1, 0.15) is 10.6 Å². The Morgan fingerprint density at radius 1 is 1.24 bits per heavy atom. The van der Waals surface area contributed by atoms with Crippen molar-refractivity contribution in [1.82, 2.24) is 9.97 Å². The number of nitrogens with zero attached hydrogens (tertiary/aromatic N) is 3. The van der Waals surface area contributed by atoms with Crippen LogP contribution in [0.1, 0.15) is 40.0 Å². The summed E-state index contributed by atoms with van der Waals surface area (Å²) in [5.41, 5.74) is 0.386. The molecule has 1 saturated heterocycles. The summed E-state index contributed by atoms with van der Waals surface area (Å²) in [6.07, 6.45) is 3.73. The minimum atomic E-state index is 0.358. The summed E-state index contributed by atoms with van der Waals surface area (Å²) < 4.78 is 0. The zero-order chi connectivity index (χ0) is 15.0. The van der Waals surface area contributed by atoms with E-state index in [1.165, 1.54) is 19.3 Å². The topological polar surface area (TPSA) is 29.0 Å². The quantitative estimate of drug-likeness (QED) is 0.692. The molecule has 1 aliphatic heterocycles. The van der Waals surface area contributed by atoms with Crippen LogP contribution in [0.4, 0.5) is 5.82 Å². The molecule has 3 nitrogen and oxygen atoms in total. The summed E-state index contributed by atoms with van der Waals surface area (Å²) in [4.78, 5) is 12.2. The summed E-state index contributed by atoms with van der Waals surface area (Å²) in [5.74, 6) is 1.79. The van der Waals surface area contributed by atoms with Gasteiger partial charge in [0.2, 0.25) is 5.28 Å². The summed E-state index contributed by atoms with van der Waals surface area (Å²) >= 11 is 7.73. The van der Waals surface area contributed by atoms with Crippen LogP contribution >= 0.6 is 22.9 Å². The minimum absolute atomic E-state index is 0.358. The monoisotopic (exact) mass is 323 g/mol. The lowest BCUT2D eigenvalue weighted by Gasteiger charge is -2.30. The van der Waals surface area contributed by atoms with Crippen molar-refractivity contribution < 1.29 is 0 Å². The van der Waals surface area contributed by atoms with E-state index in [1.54, 1.807) is 11.3 Å². The Morgan fingerprint density at radius 2 is 2.05 bits per heavy atom. The predicted molar refractivity (Wildman–Crippen MR) is 91.4 cm³/mol. The lowest BCUT2D eigenvalue weighted by atomic mass is 9.77. The van der Waals surface area contributed by atoms with Gasteiger partial charge < -0.3 is 4.90 Å². The molecule has 0 spiro atoms. The molecule has 0 bridgehead atoms. The van der Waals surface area contributed by atoms with E-state index in [0.717, 1.165) is 35.0 Å². The maximum atomic E-state index is 6.10. The van der Waals surface area contributed by atoms with Crippen molar-refractivity contribution in [3.05, 3.63) is 16.7 Å². The molecular formula is C16H22ClN3S. The largest absolute Gasteiger partial charge is 0.356 e. The Bertz CT molecular complexity index is 632. The molecule has 0 amide bonds. The fourth-order valence-corrected chi connectivity index (χ4v) is 4.20. The molecule has 0 saturated carbocycles. The van der Waals surface area contributed by atoms with E-state index in [1.807, 2.05) is 0 Å². The standard InChI is InChI=1S/C16H22ClN3S/c1-16(2,3)11-5-4-8-20(9-6-11)13-12-7-10-21-14(12)19-15(17)18-13/h7,10-11H,4-6,8-9H2,1-3H3. The Balaban J connectivity index is 1.88. The van der Waals surface area contributed by atoms with E-state index in [9.17, 15) is 0 Å². The summed E-state index contributed by atoms with van der Waals surface area (Å²) in [6, 6.07) is 2.11. The van der Waals surface area contributed by atoms with Gasteiger partial charge in [-0.2, -0.15) is 4.98 Å². The van der Waals surface area contributed by atoms with Gasteiger partial charge in [-0.25, -0.2) is 4.98 Å². The van der Waals surface area contributed by atoms with Crippen LogP contribution in [0.5, 0.6) is 0 Å². The van der Waals surface area contributed by atoms with Crippen molar-refractivity contribution in [2.24, 2.45) is 11.3 Å². The number of thiophene rings is 1. The van der Waals surface area contributed by atoms with Crippen molar-refractivity contribution in [2.45, 2.75) is 40.0 Å². The second kappa shape index (κ2) is 5.73. The van der Waals surface area contributed by atoms with Gasteiger partial charge in [-0.3, -0.25) is 0 Å². The van der Waals surface area contributed by atoms with Gasteiger partial charge >= 0.3 is 0 Å². The fraction of sp³-hybridized carbons (Fsp3) is 0.625. The first-order chi connectivity index (χ1) is 9.95. The van der Waals surface area contributed by atoms with Gasteiger partial charge in [0, 0.05) is 13.1 Å². The van der Waals surface area contributed by atoms with Gasteiger partial charge in [0.25, 0.3) is 0 Å². The van der Waals surface area contributed by atoms with E-state index >= 15 is 0 Å². The molecule has 3 heterocycles. The molecule has 0 N–H and O–H groups in total. The van der Waals surface area contributed by atoms with Gasteiger partial charge in [0.05, 0.1) is 5.39 Å². The van der Waals surface area contributed by atoms with E-state index in [0.29, 0.717) is 10.7 Å². The molecule has 0 aliphatic carbocycles. The number of halogens is 1. The molecule has 21 heavy (non-hydrogen) atoms. The highest BCUT2D eigenvalue weighted by Gasteiger charge is 2.28. The molecule has 1 fully saturated rings. The minimum Gasteiger partial charge on any atom is -0.356 e. The van der Waals surface area contributed by atoms with Crippen LogP contribution in [0.3, 0.4) is 0 Å². The Hall–Kier alpha value is -0.870. The van der Waals surface area contributed by atoms with Crippen LogP contribution in [0, 0.1) is 11.3 Å². The average Bonchev–Trinajstić information content (AvgIpc) is 2.71. The molecule has 0 aromatic carbocycles. The average molecular weight is 324 g/mol. The molecule has 0 radical (unpaired) electrons. The number of hydrogen-bond donors (Lipinski definition) is 0. The Kier molecular flexibility index (Phi) is 4.10. The van der Waals surface area contributed by atoms with E-state index < -0.39 is 0 Å². The van der Waals surface area contributed by atoms with Crippen molar-refractivity contribution in [1.29, 1.82) is 0 Å². The number of fused-ring (bicyclic) bond motifs is 1. The molecule has 2 aromatic heterocycles. The first kappa shape index (κ1) is 15.0. The molecule has 1 unspecified atom stereocenters. The molecular weight excluding hydrogens is 302 g/mol. The van der Waals surface area contributed by atoms with Crippen LogP contribution in [-0.4, -0.2) is 23.1 Å². The van der Waals surface area contributed by atoms with Crippen LogP contribution in [0.25, 0.3) is 10.2 Å². The zero-order valence-corrected chi connectivity index (χ0v) is 14.5. The molecule has 5 heteroatoms. The first-order valence-corrected chi connectivity index (χ1v) is 8.86. The van der Waals surface area contributed by atoms with E-state index in [4.69, 9.17) is 11.6 Å². The van der Waals surface area contributed by atoms with Crippen LogP contribution in [0.15, 0.2) is 11.4 Å². The summed E-state index contributed by atoms with van der Waals surface area (Å²) in [7, 11) is 0. The highest BCUT2D eigenvalue weighted by Crippen LogP contribution is 2.36. The molecule has 2 aromatic rings. The number of rotatable bonds is 1. The molecule has 3 rings (SSSR count). The third-order valence-corrected chi connectivity index (χ3v) is 5.51. The van der Waals surface area contributed by atoms with Crippen molar-refractivity contribution in [2.75, 3.05) is 18.0 Å². The summed E-state index contributed by atoms with van der Waals surface area (Å²) in [6.45, 7) is 9.18. The highest BCUT2D eigenvalue weighted by molar-refractivity contribution is 7.16. The van der Waals surface area contributed by atoms with E-state index in [2.05, 4.69) is 47.1 Å². The van der Waals surface area contributed by atoms with Crippen molar-refractivity contribution in [3.63, 3.8) is 0 Å². The lowest BCUT2D eigenvalue weighted by Crippen LogP contribution is -2.27. The maximum absolute atomic E-state index is 6.10. The zero-order valence-electron chi connectivity index (χ0n) is 12.9. The SMILES string of the molecule is CC(C)(C)C1CCCN(c2nc(Cl)nc3sccc23)CC1. The van der Waals surface area contributed by atoms with Gasteiger partial charge in [-0.1, -0.05) is 20.8 Å². The maximum Gasteiger partial charge on any atom is 0.225 e. The van der Waals surface area contributed by atoms with Gasteiger partial charge in [0.15, 0.2) is 0 Å². The lowest BCUT2D eigenvalue weighted by molar-refractivity contribution is 0.220. The Morgan fingerprint density at radius 3 is 2.81 bits per heavy atom. The molecule has 1 atom stereocenters. The van der Waals surface area contributed by atoms with Gasteiger partial charge in [-0.05, 0) is 53.6 Å². The second-order valence-corrected chi connectivity index (χ2v) is 8.17. The van der Waals surface area contributed by atoms with E-state index in [-0.39, 0.29) is 0 Å². The first-order valence-electron chi connectivity index (χ1n) is 7.61. The fourth-order valence-electron chi connectivity index (χ4n) is 3.23. The third-order valence-electron chi connectivity index (χ3n) is 4.53. The second-order valence-electron chi connectivity index (χ2n) is 6.94. The van der Waals surface area contributed by atoms with Crippen LogP contribution in [0.2, 0.25) is 5.28 Å². The summed E-state index contributed by atoms with van der Waals surface area (Å²) in [5, 5.41) is 3.56. The van der Waals surface area contributed by atoms with Crippen LogP contribution in [-0.2, 0) is 0 Å². The predicted octanol–water partition coefficient (Wildman–Crippen LogP) is 5.00. The normalized spacial score (nSPS) is 20.8. The Labute approximate surface area is 135 Å². The molecule has 114 valence electrons.